The maximum Gasteiger partial charge on any atom is 0.269 e. The van der Waals surface area contributed by atoms with Crippen molar-refractivity contribution in [3.8, 4) is 0 Å². The highest BCUT2D eigenvalue weighted by molar-refractivity contribution is 7.07. The van der Waals surface area contributed by atoms with Crippen LogP contribution in [0.2, 0.25) is 0 Å². The van der Waals surface area contributed by atoms with Crippen molar-refractivity contribution in [1.82, 2.24) is 10.3 Å². The Labute approximate surface area is 126 Å². The molecule has 0 bridgehead atoms. The molecule has 0 radical (unpaired) electrons. The van der Waals surface area contributed by atoms with E-state index in [4.69, 9.17) is 5.73 Å². The van der Waals surface area contributed by atoms with Gasteiger partial charge in [-0.2, -0.15) is 11.3 Å². The zero-order valence-electron chi connectivity index (χ0n) is 11.4. The van der Waals surface area contributed by atoms with E-state index in [-0.39, 0.29) is 5.91 Å². The van der Waals surface area contributed by atoms with Gasteiger partial charge >= 0.3 is 0 Å². The number of amides is 1. The number of para-hydroxylation sites is 1. The molecule has 2 heterocycles. The smallest absolute Gasteiger partial charge is 0.269 e. The molecule has 0 spiro atoms. The van der Waals surface area contributed by atoms with Crippen LogP contribution in [-0.2, 0) is 6.42 Å². The second-order valence-corrected chi connectivity index (χ2v) is 5.53. The van der Waals surface area contributed by atoms with Gasteiger partial charge in [-0.3, -0.25) is 4.79 Å². The van der Waals surface area contributed by atoms with Crippen LogP contribution in [0.15, 0.2) is 47.2 Å². The van der Waals surface area contributed by atoms with Crippen molar-refractivity contribution < 1.29 is 4.79 Å². The van der Waals surface area contributed by atoms with Gasteiger partial charge in [0.2, 0.25) is 0 Å². The van der Waals surface area contributed by atoms with Crippen LogP contribution in [0.25, 0.3) is 10.9 Å². The van der Waals surface area contributed by atoms with E-state index >= 15 is 0 Å². The van der Waals surface area contributed by atoms with Crippen molar-refractivity contribution in [3.05, 3.63) is 58.4 Å². The number of rotatable bonds is 4. The first-order valence-electron chi connectivity index (χ1n) is 6.68. The van der Waals surface area contributed by atoms with Gasteiger partial charge in [0.05, 0.1) is 5.52 Å². The largest absolute Gasteiger partial charge is 0.398 e. The fourth-order valence-electron chi connectivity index (χ4n) is 2.16. The van der Waals surface area contributed by atoms with Gasteiger partial charge < -0.3 is 11.1 Å². The number of nitrogens with two attached hydrogens (primary N) is 1. The number of nitrogen functional groups attached to an aromatic ring is 1. The molecule has 0 aliphatic heterocycles. The number of carbonyl (C=O) groups is 1. The maximum atomic E-state index is 12.1. The van der Waals surface area contributed by atoms with Crippen LogP contribution >= 0.6 is 11.3 Å². The summed E-state index contributed by atoms with van der Waals surface area (Å²) in [5.74, 6) is -0.192. The summed E-state index contributed by atoms with van der Waals surface area (Å²) in [6, 6.07) is 11.2. The molecule has 21 heavy (non-hydrogen) atoms. The third-order valence-corrected chi connectivity index (χ3v) is 3.99. The first-order valence-corrected chi connectivity index (χ1v) is 7.63. The number of nitrogens with one attached hydrogen (secondary N) is 1. The Hall–Kier alpha value is -2.40. The summed E-state index contributed by atoms with van der Waals surface area (Å²) in [6.45, 7) is 0.587. The Morgan fingerprint density at radius 3 is 2.95 bits per heavy atom. The number of benzene rings is 1. The minimum atomic E-state index is -0.192. The molecule has 0 aliphatic rings. The molecule has 5 heteroatoms. The number of nitrogens with zero attached hydrogens (tertiary/aromatic N) is 1. The van der Waals surface area contributed by atoms with E-state index < -0.39 is 0 Å². The second kappa shape index (κ2) is 5.93. The third kappa shape index (κ3) is 3.03. The summed E-state index contributed by atoms with van der Waals surface area (Å²) in [6.07, 6.45) is 0.818. The molecule has 106 valence electrons. The molecule has 0 saturated carbocycles. The molecule has 0 saturated heterocycles. The lowest BCUT2D eigenvalue weighted by atomic mass is 10.1. The molecule has 4 nitrogen and oxygen atoms in total. The Morgan fingerprint density at radius 2 is 2.14 bits per heavy atom. The molecule has 2 aromatic heterocycles. The topological polar surface area (TPSA) is 68.0 Å². The molecule has 3 rings (SSSR count). The number of aromatic nitrogens is 1. The van der Waals surface area contributed by atoms with Gasteiger partial charge in [-0.15, -0.1) is 0 Å². The minimum absolute atomic E-state index is 0.192. The summed E-state index contributed by atoms with van der Waals surface area (Å²) in [4.78, 5) is 16.5. The third-order valence-electron chi connectivity index (χ3n) is 3.26. The van der Waals surface area contributed by atoms with Gasteiger partial charge in [-0.1, -0.05) is 18.2 Å². The average Bonchev–Trinajstić information content (AvgIpc) is 3.00. The van der Waals surface area contributed by atoms with E-state index in [1.165, 1.54) is 5.56 Å². The summed E-state index contributed by atoms with van der Waals surface area (Å²) in [7, 11) is 0. The van der Waals surface area contributed by atoms with Crippen LogP contribution in [-0.4, -0.2) is 17.4 Å². The first kappa shape index (κ1) is 13.6. The Balaban J connectivity index is 1.72. The van der Waals surface area contributed by atoms with Crippen molar-refractivity contribution in [3.63, 3.8) is 0 Å². The quantitative estimate of drug-likeness (QED) is 0.778. The van der Waals surface area contributed by atoms with E-state index in [1.54, 1.807) is 17.4 Å². The maximum absolute atomic E-state index is 12.1. The monoisotopic (exact) mass is 297 g/mol. The highest BCUT2D eigenvalue weighted by Crippen LogP contribution is 2.19. The average molecular weight is 297 g/mol. The predicted octanol–water partition coefficient (Wildman–Crippen LogP) is 2.85. The number of fused-ring (bicyclic) bond motifs is 1. The van der Waals surface area contributed by atoms with Crippen molar-refractivity contribution in [2.45, 2.75) is 6.42 Å². The van der Waals surface area contributed by atoms with Gasteiger partial charge in [0, 0.05) is 17.6 Å². The lowest BCUT2D eigenvalue weighted by molar-refractivity contribution is 0.0949. The van der Waals surface area contributed by atoms with Crippen molar-refractivity contribution in [2.24, 2.45) is 0 Å². The fraction of sp³-hybridized carbons (Fsp3) is 0.125. The normalized spacial score (nSPS) is 10.7. The molecule has 0 aliphatic carbocycles. The van der Waals surface area contributed by atoms with Crippen molar-refractivity contribution in [2.75, 3.05) is 12.3 Å². The lowest BCUT2D eigenvalue weighted by Gasteiger charge is -2.07. The van der Waals surface area contributed by atoms with Crippen LogP contribution in [0, 0.1) is 0 Å². The summed E-state index contributed by atoms with van der Waals surface area (Å²) in [5, 5.41) is 7.86. The van der Waals surface area contributed by atoms with Crippen LogP contribution < -0.4 is 11.1 Å². The van der Waals surface area contributed by atoms with Crippen LogP contribution in [0.4, 0.5) is 5.69 Å². The highest BCUT2D eigenvalue weighted by Gasteiger charge is 2.10. The van der Waals surface area contributed by atoms with E-state index in [2.05, 4.69) is 21.7 Å². The van der Waals surface area contributed by atoms with Gasteiger partial charge in [-0.25, -0.2) is 4.98 Å². The number of carbonyl (C=O) groups excluding carboxylic acids is 1. The standard InChI is InChI=1S/C16H15N3OS/c17-13-9-15(19-14-4-2-1-3-12(13)14)16(20)18-7-5-11-6-8-21-10-11/h1-4,6,8-10H,5,7H2,(H2,17,19)(H,18,20). The zero-order chi connectivity index (χ0) is 14.7. The highest BCUT2D eigenvalue weighted by atomic mass is 32.1. The molecule has 1 aromatic carbocycles. The zero-order valence-corrected chi connectivity index (χ0v) is 12.2. The number of anilines is 1. The fourth-order valence-corrected chi connectivity index (χ4v) is 2.87. The van der Waals surface area contributed by atoms with Crippen LogP contribution in [0.1, 0.15) is 16.1 Å². The second-order valence-electron chi connectivity index (χ2n) is 4.75. The molecular weight excluding hydrogens is 282 g/mol. The summed E-state index contributed by atoms with van der Waals surface area (Å²) >= 11 is 1.66. The number of thiophene rings is 1. The SMILES string of the molecule is Nc1cc(C(=O)NCCc2ccsc2)nc2ccccc12. The van der Waals surface area contributed by atoms with Crippen molar-refractivity contribution in [1.29, 1.82) is 0 Å². The summed E-state index contributed by atoms with van der Waals surface area (Å²) in [5.41, 5.74) is 8.88. The number of hydrogen-bond donors (Lipinski definition) is 2. The number of hydrogen-bond acceptors (Lipinski definition) is 4. The van der Waals surface area contributed by atoms with E-state index in [0.717, 1.165) is 17.3 Å². The predicted molar refractivity (Wildman–Crippen MR) is 86.5 cm³/mol. The first-order chi connectivity index (χ1) is 10.2. The van der Waals surface area contributed by atoms with Gasteiger partial charge in [0.15, 0.2) is 0 Å². The van der Waals surface area contributed by atoms with E-state index in [9.17, 15) is 4.79 Å². The minimum Gasteiger partial charge on any atom is -0.398 e. The summed E-state index contributed by atoms with van der Waals surface area (Å²) < 4.78 is 0. The Kier molecular flexibility index (Phi) is 3.83. The van der Waals surface area contributed by atoms with E-state index in [0.29, 0.717) is 17.9 Å². The Bertz CT molecular complexity index is 768. The van der Waals surface area contributed by atoms with Gasteiger partial charge in [-0.05, 0) is 40.9 Å². The van der Waals surface area contributed by atoms with Gasteiger partial charge in [0.25, 0.3) is 5.91 Å². The molecule has 0 atom stereocenters. The molecule has 0 unspecified atom stereocenters. The van der Waals surface area contributed by atoms with Crippen molar-refractivity contribution >= 4 is 33.8 Å². The lowest BCUT2D eigenvalue weighted by Crippen LogP contribution is -2.26. The van der Waals surface area contributed by atoms with E-state index in [1.807, 2.05) is 29.6 Å². The molecule has 3 aromatic rings. The Morgan fingerprint density at radius 1 is 1.29 bits per heavy atom. The number of pyridine rings is 1. The molecule has 3 N–H and O–H groups in total. The molecular formula is C16H15N3OS. The molecule has 1 amide bonds. The van der Waals surface area contributed by atoms with Crippen LogP contribution in [0.3, 0.4) is 0 Å². The van der Waals surface area contributed by atoms with Gasteiger partial charge in [0.1, 0.15) is 5.69 Å². The molecule has 0 fully saturated rings. The van der Waals surface area contributed by atoms with Crippen LogP contribution in [0.5, 0.6) is 0 Å².